The first-order valence-electron chi connectivity index (χ1n) is 12.5. The SMILES string of the molecule is Cc1ccc2c(c1)n1c3ccccc3nc1n2-c1cccc(-c2cnc3c(c2)c2ccccc2n3C)c1. The molecule has 0 amide bonds. The number of aromatic nitrogens is 5. The van der Waals surface area contributed by atoms with Crippen molar-refractivity contribution in [3.05, 3.63) is 109 Å². The monoisotopic (exact) mass is 477 g/mol. The first-order chi connectivity index (χ1) is 18.2. The molecule has 5 heteroatoms. The summed E-state index contributed by atoms with van der Waals surface area (Å²) in [6.07, 6.45) is 1.98. The Hall–Kier alpha value is -4.90. The summed E-state index contributed by atoms with van der Waals surface area (Å²) in [7, 11) is 2.08. The lowest BCUT2D eigenvalue weighted by atomic mass is 10.0. The van der Waals surface area contributed by atoms with E-state index < -0.39 is 0 Å². The van der Waals surface area contributed by atoms with Gasteiger partial charge in [-0.2, -0.15) is 0 Å². The van der Waals surface area contributed by atoms with E-state index in [1.54, 1.807) is 0 Å². The van der Waals surface area contributed by atoms with Crippen molar-refractivity contribution in [1.29, 1.82) is 0 Å². The van der Waals surface area contributed by atoms with E-state index in [2.05, 4.69) is 119 Å². The van der Waals surface area contributed by atoms with E-state index in [1.807, 2.05) is 12.3 Å². The Labute approximate surface area is 212 Å². The summed E-state index contributed by atoms with van der Waals surface area (Å²) in [6.45, 7) is 2.14. The van der Waals surface area contributed by atoms with Crippen molar-refractivity contribution in [3.63, 3.8) is 0 Å². The molecule has 0 radical (unpaired) electrons. The number of pyridine rings is 1. The number of hydrogen-bond acceptors (Lipinski definition) is 2. The molecule has 0 aliphatic carbocycles. The zero-order valence-corrected chi connectivity index (χ0v) is 20.6. The third-order valence-corrected chi connectivity index (χ3v) is 7.53. The molecule has 0 saturated heterocycles. The molecular weight excluding hydrogens is 454 g/mol. The summed E-state index contributed by atoms with van der Waals surface area (Å²) in [5.74, 6) is 0.918. The van der Waals surface area contributed by atoms with Crippen molar-refractivity contribution in [2.75, 3.05) is 0 Å². The number of aryl methyl sites for hydroxylation is 2. The van der Waals surface area contributed by atoms with Crippen LogP contribution >= 0.6 is 0 Å². The zero-order valence-electron chi connectivity index (χ0n) is 20.6. The minimum atomic E-state index is 0.918. The van der Waals surface area contributed by atoms with Gasteiger partial charge in [0.1, 0.15) is 5.65 Å². The summed E-state index contributed by atoms with van der Waals surface area (Å²) < 4.78 is 6.70. The maximum Gasteiger partial charge on any atom is 0.220 e. The molecule has 0 saturated carbocycles. The number of nitrogens with zero attached hydrogens (tertiary/aromatic N) is 5. The Morgan fingerprint density at radius 2 is 1.49 bits per heavy atom. The Bertz CT molecular complexity index is 2170. The number of benzene rings is 4. The lowest BCUT2D eigenvalue weighted by Gasteiger charge is -2.09. The van der Waals surface area contributed by atoms with E-state index in [0.29, 0.717) is 0 Å². The first kappa shape index (κ1) is 20.3. The van der Waals surface area contributed by atoms with Gasteiger partial charge >= 0.3 is 0 Å². The largest absolute Gasteiger partial charge is 0.328 e. The second kappa shape index (κ2) is 7.31. The number of fused-ring (bicyclic) bond motifs is 8. The second-order valence-corrected chi connectivity index (χ2v) is 9.79. The van der Waals surface area contributed by atoms with Crippen LogP contribution < -0.4 is 0 Å². The topological polar surface area (TPSA) is 40.1 Å². The maximum atomic E-state index is 5.05. The molecule has 8 aromatic rings. The van der Waals surface area contributed by atoms with Gasteiger partial charge in [-0.1, -0.05) is 48.5 Å². The van der Waals surface area contributed by atoms with Crippen LogP contribution in [0.4, 0.5) is 0 Å². The molecule has 0 atom stereocenters. The molecule has 0 bridgehead atoms. The van der Waals surface area contributed by atoms with Crippen molar-refractivity contribution in [2.24, 2.45) is 7.05 Å². The zero-order chi connectivity index (χ0) is 24.7. The molecule has 37 heavy (non-hydrogen) atoms. The van der Waals surface area contributed by atoms with Crippen molar-refractivity contribution in [3.8, 4) is 16.8 Å². The summed E-state index contributed by atoms with van der Waals surface area (Å²) in [5.41, 5.74) is 11.1. The standard InChI is InChI=1S/C32H23N5/c1-20-14-15-29-30(16-20)37-28-13-6-4-11-26(28)34-32(37)36(29)23-9-7-8-21(17-23)22-18-25-24-10-3-5-12-27(24)35(2)31(25)33-19-22/h3-19H,1-2H3. The van der Waals surface area contributed by atoms with Crippen LogP contribution in [0.2, 0.25) is 0 Å². The molecule has 176 valence electrons. The average Bonchev–Trinajstić information content (AvgIpc) is 3.56. The van der Waals surface area contributed by atoms with Crippen LogP contribution in [0.5, 0.6) is 0 Å². The van der Waals surface area contributed by atoms with E-state index in [1.165, 1.54) is 21.9 Å². The van der Waals surface area contributed by atoms with Gasteiger partial charge in [-0.3, -0.25) is 8.97 Å². The lowest BCUT2D eigenvalue weighted by Crippen LogP contribution is -1.96. The van der Waals surface area contributed by atoms with Crippen LogP contribution in [0, 0.1) is 6.92 Å². The van der Waals surface area contributed by atoms with Crippen LogP contribution in [-0.4, -0.2) is 23.5 Å². The molecule has 4 heterocycles. The molecule has 8 rings (SSSR count). The van der Waals surface area contributed by atoms with Crippen molar-refractivity contribution in [2.45, 2.75) is 6.92 Å². The minimum absolute atomic E-state index is 0.918. The molecule has 4 aromatic carbocycles. The third kappa shape index (κ3) is 2.79. The van der Waals surface area contributed by atoms with Gasteiger partial charge in [0.2, 0.25) is 5.78 Å². The third-order valence-electron chi connectivity index (χ3n) is 7.53. The normalized spacial score (nSPS) is 12.1. The van der Waals surface area contributed by atoms with E-state index in [0.717, 1.165) is 50.3 Å². The van der Waals surface area contributed by atoms with Gasteiger partial charge in [-0.25, -0.2) is 9.97 Å². The van der Waals surface area contributed by atoms with Gasteiger partial charge in [-0.15, -0.1) is 0 Å². The Morgan fingerprint density at radius 3 is 2.41 bits per heavy atom. The molecule has 0 fully saturated rings. The van der Waals surface area contributed by atoms with Gasteiger partial charge in [0.25, 0.3) is 0 Å². The van der Waals surface area contributed by atoms with Crippen molar-refractivity contribution >= 4 is 49.8 Å². The van der Waals surface area contributed by atoms with Crippen LogP contribution in [0.15, 0.2) is 103 Å². The predicted octanol–water partition coefficient (Wildman–Crippen LogP) is 7.45. The van der Waals surface area contributed by atoms with Gasteiger partial charge in [0.05, 0.1) is 27.6 Å². The Balaban J connectivity index is 1.38. The van der Waals surface area contributed by atoms with Gasteiger partial charge in [0.15, 0.2) is 0 Å². The van der Waals surface area contributed by atoms with Crippen LogP contribution in [0.1, 0.15) is 5.56 Å². The summed E-state index contributed by atoms with van der Waals surface area (Å²) >= 11 is 0. The first-order valence-corrected chi connectivity index (χ1v) is 12.5. The lowest BCUT2D eigenvalue weighted by molar-refractivity contribution is 0.990. The van der Waals surface area contributed by atoms with Crippen LogP contribution in [0.25, 0.3) is 66.6 Å². The molecule has 5 nitrogen and oxygen atoms in total. The highest BCUT2D eigenvalue weighted by Gasteiger charge is 2.18. The Morgan fingerprint density at radius 1 is 0.649 bits per heavy atom. The second-order valence-electron chi connectivity index (χ2n) is 9.79. The van der Waals surface area contributed by atoms with Crippen LogP contribution in [-0.2, 0) is 7.05 Å². The molecule has 0 spiro atoms. The van der Waals surface area contributed by atoms with E-state index in [4.69, 9.17) is 9.97 Å². The fourth-order valence-electron chi connectivity index (χ4n) is 5.78. The summed E-state index contributed by atoms with van der Waals surface area (Å²) in [6, 6.07) is 34.4. The fraction of sp³-hybridized carbons (Fsp3) is 0.0625. The van der Waals surface area contributed by atoms with Gasteiger partial charge in [-0.05, 0) is 66.6 Å². The molecule has 4 aromatic heterocycles. The molecule has 0 N–H and O–H groups in total. The summed E-state index contributed by atoms with van der Waals surface area (Å²) in [4.78, 5) is 9.91. The molecule has 0 aliphatic heterocycles. The van der Waals surface area contributed by atoms with Gasteiger partial charge < -0.3 is 4.57 Å². The van der Waals surface area contributed by atoms with E-state index in [-0.39, 0.29) is 0 Å². The fourth-order valence-corrected chi connectivity index (χ4v) is 5.78. The molecular formula is C32H23N5. The Kier molecular flexibility index (Phi) is 4.01. The summed E-state index contributed by atoms with van der Waals surface area (Å²) in [5, 5.41) is 2.40. The maximum absolute atomic E-state index is 5.05. The van der Waals surface area contributed by atoms with Crippen molar-refractivity contribution < 1.29 is 0 Å². The smallest absolute Gasteiger partial charge is 0.220 e. The number of imidazole rings is 2. The van der Waals surface area contributed by atoms with E-state index >= 15 is 0 Å². The number of rotatable bonds is 2. The number of para-hydroxylation sites is 3. The number of hydrogen-bond donors (Lipinski definition) is 0. The van der Waals surface area contributed by atoms with Gasteiger partial charge in [0, 0.05) is 35.3 Å². The highest BCUT2D eigenvalue weighted by atomic mass is 15.2. The minimum Gasteiger partial charge on any atom is -0.328 e. The molecule has 0 unspecified atom stereocenters. The molecule has 0 aliphatic rings. The predicted molar refractivity (Wildman–Crippen MR) is 151 cm³/mol. The average molecular weight is 478 g/mol. The van der Waals surface area contributed by atoms with Crippen LogP contribution in [0.3, 0.4) is 0 Å². The van der Waals surface area contributed by atoms with Crippen molar-refractivity contribution in [1.82, 2.24) is 23.5 Å². The highest BCUT2D eigenvalue weighted by molar-refractivity contribution is 6.07. The van der Waals surface area contributed by atoms with E-state index in [9.17, 15) is 0 Å². The highest BCUT2D eigenvalue weighted by Crippen LogP contribution is 2.33. The quantitative estimate of drug-likeness (QED) is 0.259.